The number of aromatic hydroxyl groups is 1. The Morgan fingerprint density at radius 2 is 2.36 bits per heavy atom. The van der Waals surface area contributed by atoms with Gasteiger partial charge >= 0.3 is 0 Å². The summed E-state index contributed by atoms with van der Waals surface area (Å²) in [4.78, 5) is 0. The van der Waals surface area contributed by atoms with Crippen LogP contribution < -0.4 is 0 Å². The molecule has 0 aliphatic heterocycles. The fourth-order valence-electron chi connectivity index (χ4n) is 1.12. The second kappa shape index (κ2) is 2.02. The van der Waals surface area contributed by atoms with E-state index in [4.69, 9.17) is 4.11 Å². The largest absolute Gasteiger partial charge is 0.508 e. The molecule has 0 radical (unpaired) electrons. The van der Waals surface area contributed by atoms with Crippen molar-refractivity contribution in [3.05, 3.63) is 30.5 Å². The van der Waals surface area contributed by atoms with Crippen molar-refractivity contribution in [1.82, 2.24) is 4.57 Å². The molecular formula is C9H9NO. The van der Waals surface area contributed by atoms with Crippen molar-refractivity contribution >= 4 is 10.9 Å². The van der Waals surface area contributed by atoms with E-state index in [-0.39, 0.29) is 5.75 Å². The van der Waals surface area contributed by atoms with Gasteiger partial charge in [-0.1, -0.05) is 0 Å². The molecule has 0 atom stereocenters. The van der Waals surface area contributed by atoms with Crippen molar-refractivity contribution in [2.45, 2.75) is 0 Å². The van der Waals surface area contributed by atoms with Crippen LogP contribution in [0.1, 0.15) is 4.11 Å². The molecule has 1 heterocycles. The highest BCUT2D eigenvalue weighted by Gasteiger charge is 1.96. The Labute approximate surface area is 68.9 Å². The maximum atomic E-state index is 9.24. The molecule has 2 aromatic rings. The molecule has 0 saturated heterocycles. The minimum Gasteiger partial charge on any atom is -0.508 e. The van der Waals surface area contributed by atoms with E-state index in [2.05, 4.69) is 0 Å². The first-order valence-electron chi connectivity index (χ1n) is 4.79. The number of nitrogens with zero attached hydrogens (tertiary/aromatic N) is 1. The minimum absolute atomic E-state index is 0.0710. The summed E-state index contributed by atoms with van der Waals surface area (Å²) in [5.41, 5.74) is 0.519. The van der Waals surface area contributed by atoms with Gasteiger partial charge in [-0.25, -0.2) is 0 Å². The first-order valence-corrected chi connectivity index (χ1v) is 3.29. The van der Waals surface area contributed by atoms with Crippen molar-refractivity contribution in [2.24, 2.45) is 6.98 Å². The van der Waals surface area contributed by atoms with E-state index in [0.29, 0.717) is 5.52 Å². The maximum Gasteiger partial charge on any atom is 0.117 e. The average molecular weight is 150 g/mol. The van der Waals surface area contributed by atoms with Gasteiger partial charge in [-0.05, 0) is 23.6 Å². The van der Waals surface area contributed by atoms with Gasteiger partial charge in [0.2, 0.25) is 0 Å². The van der Waals surface area contributed by atoms with Gasteiger partial charge in [-0.3, -0.25) is 0 Å². The number of rotatable bonds is 0. The Hall–Kier alpha value is -1.44. The molecule has 2 rings (SSSR count). The van der Waals surface area contributed by atoms with Crippen LogP contribution in [0, 0.1) is 0 Å². The van der Waals surface area contributed by atoms with Crippen LogP contribution in [0.3, 0.4) is 0 Å². The normalized spacial score (nSPS) is 15.8. The molecule has 0 aliphatic carbocycles. The van der Waals surface area contributed by atoms with Crippen LogP contribution in [0.4, 0.5) is 0 Å². The lowest BCUT2D eigenvalue weighted by molar-refractivity contribution is 0.476. The Morgan fingerprint density at radius 1 is 1.45 bits per heavy atom. The van der Waals surface area contributed by atoms with Crippen molar-refractivity contribution in [3.8, 4) is 5.75 Å². The second-order valence-corrected chi connectivity index (χ2v) is 2.43. The van der Waals surface area contributed by atoms with Gasteiger partial charge in [0, 0.05) is 23.4 Å². The second-order valence-electron chi connectivity index (χ2n) is 2.43. The first-order chi connectivity index (χ1) is 6.48. The summed E-state index contributed by atoms with van der Waals surface area (Å²) in [7, 11) is 0. The lowest BCUT2D eigenvalue weighted by atomic mass is 10.2. The fourth-order valence-corrected chi connectivity index (χ4v) is 1.12. The number of fused-ring (bicyclic) bond motifs is 1. The molecule has 1 aromatic carbocycles. The summed E-state index contributed by atoms with van der Waals surface area (Å²) < 4.78 is 22.9. The maximum absolute atomic E-state index is 9.24. The van der Waals surface area contributed by atoms with E-state index in [9.17, 15) is 5.11 Å². The molecule has 11 heavy (non-hydrogen) atoms. The van der Waals surface area contributed by atoms with E-state index in [1.807, 2.05) is 0 Å². The van der Waals surface area contributed by atoms with Gasteiger partial charge in [-0.15, -0.1) is 0 Å². The SMILES string of the molecule is [2H]C([2H])([2H])n1ccc2ccc(O)cc21. The topological polar surface area (TPSA) is 25.2 Å². The third-order valence-electron chi connectivity index (χ3n) is 1.68. The van der Waals surface area contributed by atoms with Crippen LogP contribution in [0.5, 0.6) is 5.75 Å². The Bertz CT molecular complexity index is 472. The molecule has 0 unspecified atom stereocenters. The predicted molar refractivity (Wildman–Crippen MR) is 44.6 cm³/mol. The summed E-state index contributed by atoms with van der Waals surface area (Å²) in [5, 5.41) is 10.0. The van der Waals surface area contributed by atoms with Crippen molar-refractivity contribution in [1.29, 1.82) is 0 Å². The standard InChI is InChI=1S/C9H9NO/c1-10-5-4-7-2-3-8(11)6-9(7)10/h2-6,11H,1H3/i1D3. The first kappa shape index (κ1) is 3.81. The van der Waals surface area contributed by atoms with E-state index in [0.717, 1.165) is 5.39 Å². The van der Waals surface area contributed by atoms with Crippen LogP contribution in [-0.2, 0) is 6.98 Å². The molecule has 2 heteroatoms. The average Bonchev–Trinajstić information content (AvgIpc) is 2.45. The molecule has 0 amide bonds. The quantitative estimate of drug-likeness (QED) is 0.609. The van der Waals surface area contributed by atoms with E-state index in [1.54, 1.807) is 12.1 Å². The number of phenolic OH excluding ortho intramolecular Hbond substituents is 1. The van der Waals surface area contributed by atoms with Gasteiger partial charge in [0.15, 0.2) is 0 Å². The monoisotopic (exact) mass is 150 g/mol. The molecule has 1 N–H and O–H groups in total. The van der Waals surface area contributed by atoms with E-state index in [1.165, 1.54) is 22.9 Å². The van der Waals surface area contributed by atoms with Crippen molar-refractivity contribution in [3.63, 3.8) is 0 Å². The number of benzene rings is 1. The molecule has 2 nitrogen and oxygen atoms in total. The van der Waals surface area contributed by atoms with Crippen LogP contribution >= 0.6 is 0 Å². The summed E-state index contributed by atoms with van der Waals surface area (Å²) in [6.07, 6.45) is 1.50. The fraction of sp³-hybridized carbons (Fsp3) is 0.111. The van der Waals surface area contributed by atoms with Gasteiger partial charge in [-0.2, -0.15) is 0 Å². The van der Waals surface area contributed by atoms with Crippen LogP contribution in [0.15, 0.2) is 30.5 Å². The summed E-state index contributed by atoms with van der Waals surface area (Å²) >= 11 is 0. The summed E-state index contributed by atoms with van der Waals surface area (Å²) in [6, 6.07) is 6.38. The minimum atomic E-state index is -2.20. The van der Waals surface area contributed by atoms with Crippen LogP contribution in [0.25, 0.3) is 10.9 Å². The zero-order chi connectivity index (χ0) is 10.3. The number of hydrogen-bond acceptors (Lipinski definition) is 1. The molecule has 1 aromatic heterocycles. The molecule has 0 spiro atoms. The van der Waals surface area contributed by atoms with Crippen LogP contribution in [0.2, 0.25) is 0 Å². The third-order valence-corrected chi connectivity index (χ3v) is 1.68. The third kappa shape index (κ3) is 0.871. The van der Waals surface area contributed by atoms with Gasteiger partial charge in [0.05, 0.1) is 5.52 Å². The van der Waals surface area contributed by atoms with Crippen molar-refractivity contribution < 1.29 is 9.22 Å². The number of hydrogen-bond donors (Lipinski definition) is 1. The van der Waals surface area contributed by atoms with Gasteiger partial charge in [0.25, 0.3) is 0 Å². The molecular weight excluding hydrogens is 138 g/mol. The van der Waals surface area contributed by atoms with E-state index < -0.39 is 6.98 Å². The highest BCUT2D eigenvalue weighted by Crippen LogP contribution is 2.19. The molecule has 0 fully saturated rings. The molecule has 56 valence electrons. The lowest BCUT2D eigenvalue weighted by Gasteiger charge is -1.95. The lowest BCUT2D eigenvalue weighted by Crippen LogP contribution is -1.82. The van der Waals surface area contributed by atoms with Crippen molar-refractivity contribution in [2.75, 3.05) is 0 Å². The zero-order valence-corrected chi connectivity index (χ0v) is 5.78. The molecule has 0 aliphatic rings. The highest BCUT2D eigenvalue weighted by atomic mass is 16.3. The Morgan fingerprint density at radius 3 is 3.18 bits per heavy atom. The predicted octanol–water partition coefficient (Wildman–Crippen LogP) is 1.88. The molecule has 0 bridgehead atoms. The Balaban J connectivity index is 2.73. The highest BCUT2D eigenvalue weighted by molar-refractivity contribution is 5.81. The Kier molecular flexibility index (Phi) is 0.700. The number of aryl methyl sites for hydroxylation is 1. The van der Waals surface area contributed by atoms with Crippen LogP contribution in [-0.4, -0.2) is 9.67 Å². The van der Waals surface area contributed by atoms with Gasteiger partial charge < -0.3 is 9.67 Å². The zero-order valence-electron chi connectivity index (χ0n) is 8.78. The van der Waals surface area contributed by atoms with E-state index >= 15 is 0 Å². The molecule has 0 saturated carbocycles. The number of aromatic nitrogens is 1. The number of phenols is 1. The van der Waals surface area contributed by atoms with Gasteiger partial charge in [0.1, 0.15) is 5.75 Å². The summed E-state index contributed by atoms with van der Waals surface area (Å²) in [6.45, 7) is -2.20. The smallest absolute Gasteiger partial charge is 0.117 e. The summed E-state index contributed by atoms with van der Waals surface area (Å²) in [5.74, 6) is 0.0710.